The summed E-state index contributed by atoms with van der Waals surface area (Å²) in [5.74, 6) is 0.430. The Bertz CT molecular complexity index is 883. The molecule has 2 rings (SSSR count). The van der Waals surface area contributed by atoms with Gasteiger partial charge in [0.2, 0.25) is 20.0 Å². The summed E-state index contributed by atoms with van der Waals surface area (Å²) in [6, 6.07) is 6.65. The summed E-state index contributed by atoms with van der Waals surface area (Å²) >= 11 is 0. The molecule has 9 heteroatoms. The number of nitrogens with one attached hydrogen (secondary N) is 3. The lowest BCUT2D eigenvalue weighted by Crippen LogP contribution is -2.46. The second-order valence-electron chi connectivity index (χ2n) is 9.14. The van der Waals surface area contributed by atoms with E-state index in [0.29, 0.717) is 5.92 Å². The molecule has 1 aromatic carbocycles. The van der Waals surface area contributed by atoms with Gasteiger partial charge in [0.15, 0.2) is 0 Å². The highest BCUT2D eigenvalue weighted by Gasteiger charge is 2.32. The Morgan fingerprint density at radius 1 is 1.03 bits per heavy atom. The Balaban J connectivity index is 1.88. The zero-order chi connectivity index (χ0) is 21.9. The fourth-order valence-corrected chi connectivity index (χ4v) is 5.62. The van der Waals surface area contributed by atoms with Crippen molar-refractivity contribution >= 4 is 25.7 Å². The first-order valence-corrected chi connectivity index (χ1v) is 13.1. The second-order valence-corrected chi connectivity index (χ2v) is 13.3. The van der Waals surface area contributed by atoms with Crippen LogP contribution in [0.5, 0.6) is 0 Å². The van der Waals surface area contributed by atoms with Gasteiger partial charge in [-0.1, -0.05) is 6.07 Å². The molecule has 1 aromatic rings. The summed E-state index contributed by atoms with van der Waals surface area (Å²) in [5, 5.41) is 3.34. The highest BCUT2D eigenvalue weighted by molar-refractivity contribution is 7.90. The van der Waals surface area contributed by atoms with Gasteiger partial charge in [-0.15, -0.1) is 0 Å². The van der Waals surface area contributed by atoms with Crippen LogP contribution in [-0.2, 0) is 20.0 Å². The van der Waals surface area contributed by atoms with E-state index in [9.17, 15) is 16.8 Å². The van der Waals surface area contributed by atoms with Crippen molar-refractivity contribution in [2.75, 3.05) is 11.9 Å². The first kappa shape index (κ1) is 24.1. The molecule has 0 bridgehead atoms. The van der Waals surface area contributed by atoms with E-state index in [1.165, 1.54) is 0 Å². The maximum Gasteiger partial charge on any atom is 0.240 e. The van der Waals surface area contributed by atoms with Gasteiger partial charge in [-0.3, -0.25) is 0 Å². The van der Waals surface area contributed by atoms with Gasteiger partial charge in [-0.05, 0) is 84.4 Å². The summed E-state index contributed by atoms with van der Waals surface area (Å²) in [4.78, 5) is 0.247. The summed E-state index contributed by atoms with van der Waals surface area (Å²) in [7, 11) is -6.84. The monoisotopic (exact) mass is 445 g/mol. The molecule has 1 aliphatic rings. The summed E-state index contributed by atoms with van der Waals surface area (Å²) in [5.41, 5.74) is 0.771. The average Bonchev–Trinajstić information content (AvgIpc) is 2.59. The van der Waals surface area contributed by atoms with Crippen LogP contribution in [0.3, 0.4) is 0 Å². The molecular weight excluding hydrogens is 410 g/mol. The maximum absolute atomic E-state index is 12.3. The minimum atomic E-state index is -3.52. The van der Waals surface area contributed by atoms with Gasteiger partial charge in [0, 0.05) is 24.3 Å². The van der Waals surface area contributed by atoms with Crippen LogP contribution in [0.15, 0.2) is 29.2 Å². The van der Waals surface area contributed by atoms with Crippen molar-refractivity contribution in [1.29, 1.82) is 0 Å². The van der Waals surface area contributed by atoms with Crippen molar-refractivity contribution in [3.05, 3.63) is 24.3 Å². The van der Waals surface area contributed by atoms with Crippen LogP contribution >= 0.6 is 0 Å². The lowest BCUT2D eigenvalue weighted by molar-refractivity contribution is 0.322. The standard InChI is InChI=1S/C20H35N3O4S2/c1-15(2)22-28(24,25)19-8-6-7-18(13-19)21-14-16-9-11-17(12-10-16)23-29(26,27)20(3,4)5/h6-8,13,15-17,21-23H,9-12,14H2,1-5H3/t16-,17-. The van der Waals surface area contributed by atoms with Gasteiger partial charge in [0.25, 0.3) is 0 Å². The van der Waals surface area contributed by atoms with Crippen molar-refractivity contribution in [3.63, 3.8) is 0 Å². The molecule has 0 radical (unpaired) electrons. The molecule has 0 unspecified atom stereocenters. The van der Waals surface area contributed by atoms with Crippen LogP contribution in [0.25, 0.3) is 0 Å². The van der Waals surface area contributed by atoms with Gasteiger partial charge < -0.3 is 5.32 Å². The van der Waals surface area contributed by atoms with E-state index in [1.807, 2.05) is 6.07 Å². The molecular formula is C20H35N3O4S2. The Hall–Kier alpha value is -1.16. The van der Waals surface area contributed by atoms with Crippen molar-refractivity contribution in [3.8, 4) is 0 Å². The fraction of sp³-hybridized carbons (Fsp3) is 0.700. The van der Waals surface area contributed by atoms with Crippen molar-refractivity contribution in [2.45, 2.75) is 82.0 Å². The number of rotatable bonds is 8. The van der Waals surface area contributed by atoms with Gasteiger partial charge in [0.05, 0.1) is 9.64 Å². The van der Waals surface area contributed by atoms with E-state index in [-0.39, 0.29) is 17.0 Å². The van der Waals surface area contributed by atoms with Crippen LogP contribution in [-0.4, -0.2) is 40.2 Å². The van der Waals surface area contributed by atoms with E-state index in [0.717, 1.165) is 37.9 Å². The highest BCUT2D eigenvalue weighted by atomic mass is 32.2. The first-order valence-electron chi connectivity index (χ1n) is 10.2. The fourth-order valence-electron chi connectivity index (χ4n) is 3.29. The average molecular weight is 446 g/mol. The smallest absolute Gasteiger partial charge is 0.240 e. The summed E-state index contributed by atoms with van der Waals surface area (Å²) in [6.07, 6.45) is 3.48. The van der Waals surface area contributed by atoms with E-state index < -0.39 is 24.8 Å². The number of sulfonamides is 2. The topological polar surface area (TPSA) is 104 Å². The Labute approximate surface area is 176 Å². The molecule has 0 aliphatic heterocycles. The van der Waals surface area contributed by atoms with Gasteiger partial charge in [-0.25, -0.2) is 26.3 Å². The van der Waals surface area contributed by atoms with E-state index >= 15 is 0 Å². The van der Waals surface area contributed by atoms with E-state index in [4.69, 9.17) is 0 Å². The molecule has 1 saturated carbocycles. The highest BCUT2D eigenvalue weighted by Crippen LogP contribution is 2.27. The number of hydrogen-bond acceptors (Lipinski definition) is 5. The zero-order valence-electron chi connectivity index (χ0n) is 18.0. The third-order valence-corrected chi connectivity index (χ3v) is 9.02. The van der Waals surface area contributed by atoms with E-state index in [1.54, 1.807) is 52.8 Å². The molecule has 1 fully saturated rings. The first-order chi connectivity index (χ1) is 13.3. The normalized spacial score (nSPS) is 21.3. The minimum absolute atomic E-state index is 0.00828. The molecule has 0 aromatic heterocycles. The zero-order valence-corrected chi connectivity index (χ0v) is 19.7. The van der Waals surface area contributed by atoms with Crippen LogP contribution in [0.1, 0.15) is 60.3 Å². The Kier molecular flexibility index (Phi) is 7.75. The number of hydrogen-bond donors (Lipinski definition) is 3. The third-order valence-electron chi connectivity index (χ3n) is 5.10. The lowest BCUT2D eigenvalue weighted by Gasteiger charge is -2.31. The van der Waals surface area contributed by atoms with Gasteiger partial charge in [-0.2, -0.15) is 0 Å². The van der Waals surface area contributed by atoms with Crippen LogP contribution in [0.4, 0.5) is 5.69 Å². The molecule has 0 spiro atoms. The number of anilines is 1. The largest absolute Gasteiger partial charge is 0.385 e. The maximum atomic E-state index is 12.3. The quantitative estimate of drug-likeness (QED) is 0.570. The molecule has 0 saturated heterocycles. The summed E-state index contributed by atoms with van der Waals surface area (Å²) < 4.78 is 53.9. The predicted molar refractivity (Wildman–Crippen MR) is 118 cm³/mol. The molecule has 3 N–H and O–H groups in total. The molecule has 7 nitrogen and oxygen atoms in total. The molecule has 0 atom stereocenters. The predicted octanol–water partition coefficient (Wildman–Crippen LogP) is 3.06. The van der Waals surface area contributed by atoms with Crippen molar-refractivity contribution < 1.29 is 16.8 Å². The Morgan fingerprint density at radius 3 is 2.21 bits per heavy atom. The lowest BCUT2D eigenvalue weighted by atomic mass is 9.86. The summed E-state index contributed by atoms with van der Waals surface area (Å²) in [6.45, 7) is 9.43. The van der Waals surface area contributed by atoms with Gasteiger partial charge in [0.1, 0.15) is 0 Å². The van der Waals surface area contributed by atoms with E-state index in [2.05, 4.69) is 14.8 Å². The van der Waals surface area contributed by atoms with Crippen LogP contribution in [0.2, 0.25) is 0 Å². The molecule has 29 heavy (non-hydrogen) atoms. The molecule has 1 aliphatic carbocycles. The third kappa shape index (κ3) is 6.94. The van der Waals surface area contributed by atoms with Crippen molar-refractivity contribution in [1.82, 2.24) is 9.44 Å². The van der Waals surface area contributed by atoms with Crippen molar-refractivity contribution in [2.24, 2.45) is 5.92 Å². The minimum Gasteiger partial charge on any atom is -0.385 e. The molecule has 166 valence electrons. The van der Waals surface area contributed by atoms with Crippen LogP contribution in [0, 0.1) is 5.92 Å². The van der Waals surface area contributed by atoms with Gasteiger partial charge >= 0.3 is 0 Å². The van der Waals surface area contributed by atoms with Crippen LogP contribution < -0.4 is 14.8 Å². The number of benzene rings is 1. The SMILES string of the molecule is CC(C)NS(=O)(=O)c1cccc(NC[C@H]2CC[C@H](NS(=O)(=O)C(C)(C)C)CC2)c1. The Morgan fingerprint density at radius 2 is 1.66 bits per heavy atom. The molecule has 0 heterocycles. The second kappa shape index (κ2) is 9.32. The molecule has 0 amide bonds.